The Morgan fingerprint density at radius 3 is 3.05 bits per heavy atom. The summed E-state index contributed by atoms with van der Waals surface area (Å²) < 4.78 is 5.27. The van der Waals surface area contributed by atoms with Crippen LogP contribution in [0.2, 0.25) is 5.02 Å². The minimum absolute atomic E-state index is 0.0264. The van der Waals surface area contributed by atoms with Crippen LogP contribution < -0.4 is 15.4 Å². The van der Waals surface area contributed by atoms with Crippen LogP contribution in [0.1, 0.15) is 25.3 Å². The fraction of sp³-hybridized carbons (Fsp3) is 0.533. The second-order valence-electron chi connectivity index (χ2n) is 5.27. The minimum Gasteiger partial charge on any atom is -0.496 e. The summed E-state index contributed by atoms with van der Waals surface area (Å²) in [6.07, 6.45) is 2.01. The summed E-state index contributed by atoms with van der Waals surface area (Å²) in [7, 11) is 1.60. The lowest BCUT2D eigenvalue weighted by atomic mass is 9.94. The summed E-state index contributed by atoms with van der Waals surface area (Å²) in [6, 6.07) is 5.37. The Bertz CT molecular complexity index is 479. The first-order chi connectivity index (χ1) is 9.61. The Labute approximate surface area is 124 Å². The van der Waals surface area contributed by atoms with Gasteiger partial charge >= 0.3 is 0 Å². The number of hydrogen-bond acceptors (Lipinski definition) is 3. The molecule has 1 aliphatic heterocycles. The second-order valence-corrected chi connectivity index (χ2v) is 5.68. The Kier molecular flexibility index (Phi) is 5.26. The topological polar surface area (TPSA) is 50.4 Å². The van der Waals surface area contributed by atoms with Crippen molar-refractivity contribution in [2.45, 2.75) is 32.4 Å². The monoisotopic (exact) mass is 296 g/mol. The zero-order valence-corrected chi connectivity index (χ0v) is 12.7. The van der Waals surface area contributed by atoms with E-state index >= 15 is 0 Å². The highest BCUT2D eigenvalue weighted by Crippen LogP contribution is 2.26. The van der Waals surface area contributed by atoms with E-state index in [0.29, 0.717) is 23.2 Å². The fourth-order valence-electron chi connectivity index (χ4n) is 2.51. The summed E-state index contributed by atoms with van der Waals surface area (Å²) in [5.74, 6) is 1.31. The molecule has 1 amide bonds. The van der Waals surface area contributed by atoms with E-state index in [0.717, 1.165) is 24.9 Å². The van der Waals surface area contributed by atoms with Gasteiger partial charge in [-0.25, -0.2) is 0 Å². The van der Waals surface area contributed by atoms with Crippen LogP contribution in [-0.4, -0.2) is 25.6 Å². The van der Waals surface area contributed by atoms with Crippen LogP contribution in [0.15, 0.2) is 18.2 Å². The van der Waals surface area contributed by atoms with Crippen LogP contribution in [0.5, 0.6) is 5.75 Å². The van der Waals surface area contributed by atoms with Gasteiger partial charge in [-0.3, -0.25) is 4.79 Å². The third-order valence-corrected chi connectivity index (χ3v) is 4.07. The van der Waals surface area contributed by atoms with E-state index < -0.39 is 0 Å². The molecule has 0 spiro atoms. The Morgan fingerprint density at radius 1 is 1.55 bits per heavy atom. The van der Waals surface area contributed by atoms with Crippen LogP contribution in [0.3, 0.4) is 0 Å². The van der Waals surface area contributed by atoms with E-state index in [9.17, 15) is 4.79 Å². The predicted octanol–water partition coefficient (Wildman–Crippen LogP) is 2.35. The standard InChI is InChI=1S/C15H21ClN2O2/c1-10-6-7-17-13(8-10)15(19)18-9-11-12(16)4-3-5-14(11)20-2/h3-5,10,13,17H,6-9H2,1-2H3,(H,18,19). The maximum atomic E-state index is 12.2. The van der Waals surface area contributed by atoms with Crippen molar-refractivity contribution >= 4 is 17.5 Å². The average molecular weight is 297 g/mol. The number of carbonyl (C=O) groups is 1. The number of nitrogens with one attached hydrogen (secondary N) is 2. The summed E-state index contributed by atoms with van der Waals surface area (Å²) in [5.41, 5.74) is 0.814. The SMILES string of the molecule is COc1cccc(Cl)c1CNC(=O)C1CC(C)CCN1. The summed E-state index contributed by atoms with van der Waals surface area (Å²) >= 11 is 6.15. The molecule has 1 saturated heterocycles. The van der Waals surface area contributed by atoms with E-state index in [1.165, 1.54) is 0 Å². The van der Waals surface area contributed by atoms with Gasteiger partial charge in [0.2, 0.25) is 5.91 Å². The van der Waals surface area contributed by atoms with Crippen LogP contribution in [-0.2, 0) is 11.3 Å². The van der Waals surface area contributed by atoms with Crippen LogP contribution in [0, 0.1) is 5.92 Å². The number of methoxy groups -OCH3 is 1. The van der Waals surface area contributed by atoms with Crippen LogP contribution in [0.25, 0.3) is 0 Å². The van der Waals surface area contributed by atoms with Gasteiger partial charge < -0.3 is 15.4 Å². The number of ether oxygens (including phenoxy) is 1. The van der Waals surface area contributed by atoms with Crippen molar-refractivity contribution in [2.24, 2.45) is 5.92 Å². The first kappa shape index (κ1) is 15.1. The lowest BCUT2D eigenvalue weighted by Gasteiger charge is -2.27. The third kappa shape index (κ3) is 3.64. The molecule has 0 aliphatic carbocycles. The van der Waals surface area contributed by atoms with Crippen molar-refractivity contribution in [3.63, 3.8) is 0 Å². The molecule has 20 heavy (non-hydrogen) atoms. The molecule has 1 aromatic rings. The number of benzene rings is 1. The van der Waals surface area contributed by atoms with Gasteiger partial charge in [0.15, 0.2) is 0 Å². The molecule has 110 valence electrons. The van der Waals surface area contributed by atoms with Crippen LogP contribution >= 0.6 is 11.6 Å². The van der Waals surface area contributed by atoms with Gasteiger partial charge in [-0.2, -0.15) is 0 Å². The van der Waals surface area contributed by atoms with Gasteiger partial charge in [0.1, 0.15) is 5.75 Å². The molecule has 1 heterocycles. The molecule has 0 saturated carbocycles. The van der Waals surface area contributed by atoms with Gasteiger partial charge in [-0.05, 0) is 37.4 Å². The zero-order chi connectivity index (χ0) is 14.5. The molecular formula is C15H21ClN2O2. The number of halogens is 1. The van der Waals surface area contributed by atoms with Crippen molar-refractivity contribution in [3.05, 3.63) is 28.8 Å². The molecule has 2 atom stereocenters. The number of carbonyl (C=O) groups excluding carboxylic acids is 1. The molecule has 5 heteroatoms. The lowest BCUT2D eigenvalue weighted by molar-refractivity contribution is -0.124. The quantitative estimate of drug-likeness (QED) is 0.897. The van der Waals surface area contributed by atoms with Gasteiger partial charge in [0.25, 0.3) is 0 Å². The number of hydrogen-bond donors (Lipinski definition) is 2. The molecule has 1 aliphatic rings. The largest absolute Gasteiger partial charge is 0.496 e. The van der Waals surface area contributed by atoms with E-state index in [1.54, 1.807) is 13.2 Å². The van der Waals surface area contributed by atoms with Gasteiger partial charge in [-0.1, -0.05) is 24.6 Å². The van der Waals surface area contributed by atoms with Gasteiger partial charge in [0, 0.05) is 17.1 Å². The zero-order valence-electron chi connectivity index (χ0n) is 11.9. The summed E-state index contributed by atoms with van der Waals surface area (Å²) in [5, 5.41) is 6.80. The minimum atomic E-state index is -0.104. The van der Waals surface area contributed by atoms with Crippen molar-refractivity contribution in [1.29, 1.82) is 0 Å². The van der Waals surface area contributed by atoms with Crippen molar-refractivity contribution < 1.29 is 9.53 Å². The maximum absolute atomic E-state index is 12.2. The third-order valence-electron chi connectivity index (χ3n) is 3.72. The normalized spacial score (nSPS) is 22.4. The first-order valence-corrected chi connectivity index (χ1v) is 7.32. The molecule has 2 unspecified atom stereocenters. The first-order valence-electron chi connectivity index (χ1n) is 6.94. The van der Waals surface area contributed by atoms with E-state index in [4.69, 9.17) is 16.3 Å². The van der Waals surface area contributed by atoms with Crippen LogP contribution in [0.4, 0.5) is 0 Å². The molecule has 1 aromatic carbocycles. The Hall–Kier alpha value is -1.26. The predicted molar refractivity (Wildman–Crippen MR) is 80.0 cm³/mol. The highest BCUT2D eigenvalue weighted by Gasteiger charge is 2.24. The Balaban J connectivity index is 1.96. The molecule has 0 radical (unpaired) electrons. The smallest absolute Gasteiger partial charge is 0.237 e. The van der Waals surface area contributed by atoms with Gasteiger partial charge in [-0.15, -0.1) is 0 Å². The van der Waals surface area contributed by atoms with E-state index in [-0.39, 0.29) is 11.9 Å². The fourth-order valence-corrected chi connectivity index (χ4v) is 2.74. The molecular weight excluding hydrogens is 276 g/mol. The average Bonchev–Trinajstić information content (AvgIpc) is 2.45. The highest BCUT2D eigenvalue weighted by atomic mass is 35.5. The molecule has 1 fully saturated rings. The Morgan fingerprint density at radius 2 is 2.35 bits per heavy atom. The van der Waals surface area contributed by atoms with Crippen molar-refractivity contribution in [3.8, 4) is 5.75 Å². The highest BCUT2D eigenvalue weighted by molar-refractivity contribution is 6.31. The molecule has 2 rings (SSSR count). The van der Waals surface area contributed by atoms with E-state index in [1.807, 2.05) is 12.1 Å². The summed E-state index contributed by atoms with van der Waals surface area (Å²) in [6.45, 7) is 3.46. The molecule has 0 bridgehead atoms. The number of rotatable bonds is 4. The lowest BCUT2D eigenvalue weighted by Crippen LogP contribution is -2.48. The molecule has 4 nitrogen and oxygen atoms in total. The number of amides is 1. The van der Waals surface area contributed by atoms with Crippen molar-refractivity contribution in [1.82, 2.24) is 10.6 Å². The second kappa shape index (κ2) is 6.95. The molecule has 2 N–H and O–H groups in total. The van der Waals surface area contributed by atoms with E-state index in [2.05, 4.69) is 17.6 Å². The van der Waals surface area contributed by atoms with Gasteiger partial charge in [0.05, 0.1) is 13.2 Å². The number of piperidine rings is 1. The van der Waals surface area contributed by atoms with Crippen molar-refractivity contribution in [2.75, 3.05) is 13.7 Å². The maximum Gasteiger partial charge on any atom is 0.237 e. The molecule has 0 aromatic heterocycles. The summed E-state index contributed by atoms with van der Waals surface area (Å²) in [4.78, 5) is 12.2.